The van der Waals surface area contributed by atoms with Crippen LogP contribution in [0.5, 0.6) is 11.5 Å². The first-order valence-corrected chi connectivity index (χ1v) is 9.32. The van der Waals surface area contributed by atoms with Gasteiger partial charge in [0, 0.05) is 15.7 Å². The first kappa shape index (κ1) is 19.7. The van der Waals surface area contributed by atoms with Gasteiger partial charge >= 0.3 is 6.03 Å². The summed E-state index contributed by atoms with van der Waals surface area (Å²) in [6, 6.07) is 14.7. The molecule has 0 aliphatic rings. The fourth-order valence-corrected chi connectivity index (χ4v) is 3.02. The Balaban J connectivity index is 1.80. The van der Waals surface area contributed by atoms with Crippen LogP contribution in [0.1, 0.15) is 11.1 Å². The van der Waals surface area contributed by atoms with Crippen molar-refractivity contribution in [3.8, 4) is 11.5 Å². The number of amides is 2. The van der Waals surface area contributed by atoms with Gasteiger partial charge in [0.2, 0.25) is 0 Å². The van der Waals surface area contributed by atoms with E-state index in [1.54, 1.807) is 26.5 Å². The van der Waals surface area contributed by atoms with Crippen molar-refractivity contribution in [3.05, 3.63) is 64.1 Å². The van der Waals surface area contributed by atoms with E-state index in [0.717, 1.165) is 32.1 Å². The van der Waals surface area contributed by atoms with Gasteiger partial charge in [-0.2, -0.15) is 5.10 Å². The smallest absolute Gasteiger partial charge is 0.339 e. The van der Waals surface area contributed by atoms with E-state index < -0.39 is 6.03 Å². The van der Waals surface area contributed by atoms with E-state index in [4.69, 9.17) is 9.47 Å². The number of fused-ring (bicyclic) bond motifs is 1. The number of benzene rings is 3. The fraction of sp³-hybridized carbons (Fsp3) is 0.143. The van der Waals surface area contributed by atoms with E-state index in [1.807, 2.05) is 49.4 Å². The summed E-state index contributed by atoms with van der Waals surface area (Å²) in [4.78, 5) is 12.1. The van der Waals surface area contributed by atoms with Gasteiger partial charge in [-0.05, 0) is 59.7 Å². The third-order valence-corrected chi connectivity index (χ3v) is 5.12. The van der Waals surface area contributed by atoms with Crippen molar-refractivity contribution in [2.24, 2.45) is 5.10 Å². The van der Waals surface area contributed by atoms with E-state index >= 15 is 0 Å². The number of halogens is 1. The minimum absolute atomic E-state index is 0.435. The van der Waals surface area contributed by atoms with Gasteiger partial charge in [0.1, 0.15) is 11.5 Å². The van der Waals surface area contributed by atoms with Crippen LogP contribution >= 0.6 is 15.9 Å². The number of urea groups is 1. The van der Waals surface area contributed by atoms with Crippen LogP contribution in [0.25, 0.3) is 10.8 Å². The molecule has 7 heteroatoms. The summed E-state index contributed by atoms with van der Waals surface area (Å²) in [6.07, 6.45) is 1.56. The van der Waals surface area contributed by atoms with Gasteiger partial charge in [0.25, 0.3) is 0 Å². The van der Waals surface area contributed by atoms with Crippen molar-refractivity contribution in [3.63, 3.8) is 0 Å². The minimum Gasteiger partial charge on any atom is -0.497 e. The molecule has 2 N–H and O–H groups in total. The highest BCUT2D eigenvalue weighted by molar-refractivity contribution is 9.10. The van der Waals surface area contributed by atoms with Crippen LogP contribution in [0.4, 0.5) is 10.5 Å². The predicted octanol–water partition coefficient (Wildman–Crippen LogP) is 5.08. The van der Waals surface area contributed by atoms with Gasteiger partial charge in [-0.3, -0.25) is 0 Å². The summed E-state index contributed by atoms with van der Waals surface area (Å²) in [7, 11) is 3.21. The molecule has 0 saturated heterocycles. The Bertz CT molecular complexity index is 1050. The molecular formula is C21H20BrN3O3. The number of methoxy groups -OCH3 is 2. The number of carbonyl (C=O) groups excluding carboxylic acids is 1. The Labute approximate surface area is 171 Å². The molecule has 144 valence electrons. The molecule has 0 heterocycles. The second-order valence-electron chi connectivity index (χ2n) is 6.06. The number of nitrogens with one attached hydrogen (secondary N) is 2. The Kier molecular flexibility index (Phi) is 6.16. The molecule has 6 nitrogen and oxygen atoms in total. The second-order valence-corrected chi connectivity index (χ2v) is 6.91. The number of rotatable bonds is 5. The molecule has 0 aliphatic heterocycles. The highest BCUT2D eigenvalue weighted by atomic mass is 79.9. The lowest BCUT2D eigenvalue weighted by atomic mass is 10.0. The zero-order valence-electron chi connectivity index (χ0n) is 15.7. The monoisotopic (exact) mass is 441 g/mol. The molecule has 0 aromatic heterocycles. The Morgan fingerprint density at radius 2 is 1.86 bits per heavy atom. The van der Waals surface area contributed by atoms with Crippen molar-refractivity contribution >= 4 is 44.6 Å². The molecule has 3 aromatic carbocycles. The van der Waals surface area contributed by atoms with Gasteiger partial charge < -0.3 is 14.8 Å². The summed E-state index contributed by atoms with van der Waals surface area (Å²) in [5.74, 6) is 1.38. The molecule has 0 aliphatic carbocycles. The van der Waals surface area contributed by atoms with Crippen LogP contribution in [0.3, 0.4) is 0 Å². The zero-order chi connectivity index (χ0) is 20.1. The molecular weight excluding hydrogens is 422 g/mol. The lowest BCUT2D eigenvalue weighted by molar-refractivity contribution is 0.252. The van der Waals surface area contributed by atoms with Gasteiger partial charge in [0.05, 0.1) is 20.4 Å². The van der Waals surface area contributed by atoms with Crippen LogP contribution in [0.2, 0.25) is 0 Å². The zero-order valence-corrected chi connectivity index (χ0v) is 17.3. The SMILES string of the molecule is COc1ccc2ccc(OC)c(/C=N/NC(=O)Nc3ccc(Br)c(C)c3)c2c1. The quantitative estimate of drug-likeness (QED) is 0.428. The summed E-state index contributed by atoms with van der Waals surface area (Å²) in [6.45, 7) is 1.95. The van der Waals surface area contributed by atoms with Crippen molar-refractivity contribution in [2.45, 2.75) is 6.92 Å². The van der Waals surface area contributed by atoms with E-state index in [9.17, 15) is 4.79 Å². The third kappa shape index (κ3) is 4.43. The minimum atomic E-state index is -0.435. The highest BCUT2D eigenvalue weighted by Gasteiger charge is 2.08. The summed E-state index contributed by atoms with van der Waals surface area (Å²) in [5.41, 5.74) is 4.93. The number of carbonyl (C=O) groups is 1. The lowest BCUT2D eigenvalue weighted by Gasteiger charge is -2.10. The molecule has 0 fully saturated rings. The number of hydrogen-bond acceptors (Lipinski definition) is 4. The maximum Gasteiger partial charge on any atom is 0.339 e. The number of nitrogens with zero attached hydrogens (tertiary/aromatic N) is 1. The Morgan fingerprint density at radius 1 is 1.07 bits per heavy atom. The molecule has 0 bridgehead atoms. The molecule has 0 atom stereocenters. The number of hydrogen-bond donors (Lipinski definition) is 2. The molecule has 0 radical (unpaired) electrons. The summed E-state index contributed by atoms with van der Waals surface area (Å²) in [5, 5.41) is 8.74. The average molecular weight is 442 g/mol. The van der Waals surface area contributed by atoms with E-state index in [-0.39, 0.29) is 0 Å². The van der Waals surface area contributed by atoms with Gasteiger partial charge in [-0.25, -0.2) is 10.2 Å². The van der Waals surface area contributed by atoms with Crippen LogP contribution in [0, 0.1) is 6.92 Å². The average Bonchev–Trinajstić information content (AvgIpc) is 2.70. The Morgan fingerprint density at radius 3 is 2.57 bits per heavy atom. The molecule has 0 saturated carbocycles. The number of ether oxygens (including phenoxy) is 2. The van der Waals surface area contributed by atoms with E-state index in [1.165, 1.54) is 0 Å². The summed E-state index contributed by atoms with van der Waals surface area (Å²) < 4.78 is 11.7. The van der Waals surface area contributed by atoms with Crippen LogP contribution < -0.4 is 20.2 Å². The van der Waals surface area contributed by atoms with Crippen molar-refractivity contribution in [2.75, 3.05) is 19.5 Å². The third-order valence-electron chi connectivity index (χ3n) is 4.23. The van der Waals surface area contributed by atoms with E-state index in [0.29, 0.717) is 11.4 Å². The molecule has 3 aromatic rings. The maximum absolute atomic E-state index is 12.1. The van der Waals surface area contributed by atoms with Crippen molar-refractivity contribution in [1.82, 2.24) is 5.43 Å². The second kappa shape index (κ2) is 8.75. The lowest BCUT2D eigenvalue weighted by Crippen LogP contribution is -2.24. The van der Waals surface area contributed by atoms with Gasteiger partial charge in [0.15, 0.2) is 0 Å². The first-order chi connectivity index (χ1) is 13.5. The van der Waals surface area contributed by atoms with Crippen molar-refractivity contribution in [1.29, 1.82) is 0 Å². The van der Waals surface area contributed by atoms with Crippen LogP contribution in [-0.4, -0.2) is 26.5 Å². The van der Waals surface area contributed by atoms with Crippen molar-refractivity contribution < 1.29 is 14.3 Å². The Hall–Kier alpha value is -3.06. The fourth-order valence-electron chi connectivity index (χ4n) is 2.78. The van der Waals surface area contributed by atoms with Gasteiger partial charge in [-0.1, -0.05) is 28.1 Å². The molecule has 3 rings (SSSR count). The topological polar surface area (TPSA) is 72.0 Å². The number of hydrazone groups is 1. The van der Waals surface area contributed by atoms with Crippen LogP contribution in [0.15, 0.2) is 58.1 Å². The normalized spacial score (nSPS) is 10.9. The largest absolute Gasteiger partial charge is 0.497 e. The molecule has 2 amide bonds. The standard InChI is InChI=1S/C21H20BrN3O3/c1-13-10-15(6-8-19(13)22)24-21(26)25-23-12-18-17-11-16(27-2)7-4-14(17)5-9-20(18)28-3/h4-12H,1-3H3,(H2,24,25,26)/b23-12+. The van der Waals surface area contributed by atoms with Gasteiger partial charge in [-0.15, -0.1) is 0 Å². The molecule has 0 unspecified atom stereocenters. The van der Waals surface area contributed by atoms with Crippen LogP contribution in [-0.2, 0) is 0 Å². The predicted molar refractivity (Wildman–Crippen MR) is 116 cm³/mol. The highest BCUT2D eigenvalue weighted by Crippen LogP contribution is 2.29. The molecule has 28 heavy (non-hydrogen) atoms. The summed E-state index contributed by atoms with van der Waals surface area (Å²) >= 11 is 3.43. The first-order valence-electron chi connectivity index (χ1n) is 8.53. The molecule has 0 spiro atoms. The number of aryl methyl sites for hydroxylation is 1. The number of anilines is 1. The van der Waals surface area contributed by atoms with E-state index in [2.05, 4.69) is 31.8 Å². The maximum atomic E-state index is 12.1.